The van der Waals surface area contributed by atoms with Crippen molar-refractivity contribution >= 4 is 5.82 Å². The van der Waals surface area contributed by atoms with Crippen LogP contribution in [0.15, 0.2) is 12.3 Å². The van der Waals surface area contributed by atoms with Crippen molar-refractivity contribution in [3.63, 3.8) is 0 Å². The highest BCUT2D eigenvalue weighted by atomic mass is 15.0. The molecule has 0 aliphatic carbocycles. The van der Waals surface area contributed by atoms with E-state index in [9.17, 15) is 0 Å². The van der Waals surface area contributed by atoms with Gasteiger partial charge in [0, 0.05) is 12.7 Å². The minimum Gasteiger partial charge on any atom is -0.368 e. The molecule has 0 spiro atoms. The fourth-order valence-corrected chi connectivity index (χ4v) is 1.07. The maximum Gasteiger partial charge on any atom is 0.144 e. The van der Waals surface area contributed by atoms with Gasteiger partial charge in [-0.3, -0.25) is 0 Å². The van der Waals surface area contributed by atoms with E-state index in [0.717, 1.165) is 5.56 Å². The van der Waals surface area contributed by atoms with E-state index in [0.29, 0.717) is 24.3 Å². The Morgan fingerprint density at radius 1 is 1.50 bits per heavy atom. The first-order valence-corrected chi connectivity index (χ1v) is 4.26. The van der Waals surface area contributed by atoms with Crippen molar-refractivity contribution in [2.24, 2.45) is 0 Å². The van der Waals surface area contributed by atoms with Crippen molar-refractivity contribution < 1.29 is 0 Å². The standard InChI is InChI=1S/C10H10N4/c1-8-3-6-14-10(9(8)7-12)13-5-2-4-11/h3,6H,2,5H2,1H3,(H,13,14). The van der Waals surface area contributed by atoms with Crippen LogP contribution in [0.4, 0.5) is 5.82 Å². The molecule has 1 heterocycles. The van der Waals surface area contributed by atoms with Gasteiger partial charge in [-0.1, -0.05) is 0 Å². The van der Waals surface area contributed by atoms with Gasteiger partial charge in [-0.25, -0.2) is 4.98 Å². The summed E-state index contributed by atoms with van der Waals surface area (Å²) in [7, 11) is 0. The van der Waals surface area contributed by atoms with E-state index in [2.05, 4.69) is 16.4 Å². The largest absolute Gasteiger partial charge is 0.368 e. The Bertz CT molecular complexity index is 398. The van der Waals surface area contributed by atoms with Gasteiger partial charge in [0.25, 0.3) is 0 Å². The van der Waals surface area contributed by atoms with E-state index in [4.69, 9.17) is 10.5 Å². The summed E-state index contributed by atoms with van der Waals surface area (Å²) in [6.07, 6.45) is 2.05. The van der Waals surface area contributed by atoms with Crippen molar-refractivity contribution in [3.05, 3.63) is 23.4 Å². The molecule has 0 aliphatic heterocycles. The molecule has 0 fully saturated rings. The molecular formula is C10H10N4. The van der Waals surface area contributed by atoms with Gasteiger partial charge >= 0.3 is 0 Å². The minimum atomic E-state index is 0.403. The third kappa shape index (κ3) is 2.21. The van der Waals surface area contributed by atoms with E-state index in [1.165, 1.54) is 0 Å². The minimum absolute atomic E-state index is 0.403. The van der Waals surface area contributed by atoms with Gasteiger partial charge in [0.05, 0.1) is 18.1 Å². The Labute approximate surface area is 82.8 Å². The van der Waals surface area contributed by atoms with Gasteiger partial charge in [0.1, 0.15) is 11.9 Å². The van der Waals surface area contributed by atoms with Crippen LogP contribution >= 0.6 is 0 Å². The lowest BCUT2D eigenvalue weighted by Crippen LogP contribution is -2.05. The molecule has 0 amide bonds. The van der Waals surface area contributed by atoms with Crippen molar-refractivity contribution in [1.82, 2.24) is 4.98 Å². The Kier molecular flexibility index (Phi) is 3.46. The van der Waals surface area contributed by atoms with Gasteiger partial charge in [-0.2, -0.15) is 10.5 Å². The third-order valence-electron chi connectivity index (χ3n) is 1.80. The van der Waals surface area contributed by atoms with Gasteiger partial charge in [0.2, 0.25) is 0 Å². The lowest BCUT2D eigenvalue weighted by Gasteiger charge is -2.06. The summed E-state index contributed by atoms with van der Waals surface area (Å²) in [5.74, 6) is 0.558. The SMILES string of the molecule is Cc1ccnc(NCCC#N)c1C#N. The molecule has 1 aromatic heterocycles. The van der Waals surface area contributed by atoms with E-state index in [1.807, 2.05) is 13.0 Å². The van der Waals surface area contributed by atoms with Crippen molar-refractivity contribution in [3.8, 4) is 12.1 Å². The second-order valence-corrected chi connectivity index (χ2v) is 2.80. The molecule has 0 saturated carbocycles. The molecule has 14 heavy (non-hydrogen) atoms. The molecule has 70 valence electrons. The first-order chi connectivity index (χ1) is 6.79. The highest BCUT2D eigenvalue weighted by Gasteiger charge is 2.04. The number of nitrogens with zero attached hydrogens (tertiary/aromatic N) is 3. The maximum absolute atomic E-state index is 8.86. The van der Waals surface area contributed by atoms with Gasteiger partial charge in [0.15, 0.2) is 0 Å². The van der Waals surface area contributed by atoms with Crippen molar-refractivity contribution in [2.45, 2.75) is 13.3 Å². The number of nitriles is 2. The third-order valence-corrected chi connectivity index (χ3v) is 1.80. The maximum atomic E-state index is 8.86. The summed E-state index contributed by atoms with van der Waals surface area (Å²) < 4.78 is 0. The Hall–Kier alpha value is -2.07. The lowest BCUT2D eigenvalue weighted by atomic mass is 10.1. The number of anilines is 1. The van der Waals surface area contributed by atoms with Crippen molar-refractivity contribution in [1.29, 1.82) is 10.5 Å². The molecule has 0 aliphatic rings. The molecule has 1 rings (SSSR count). The zero-order chi connectivity index (χ0) is 10.4. The molecule has 0 aromatic carbocycles. The van der Waals surface area contributed by atoms with E-state index < -0.39 is 0 Å². The number of nitrogens with one attached hydrogen (secondary N) is 1. The van der Waals surface area contributed by atoms with Crippen LogP contribution in [0.5, 0.6) is 0 Å². The monoisotopic (exact) mass is 186 g/mol. The predicted molar refractivity (Wildman–Crippen MR) is 52.4 cm³/mol. The zero-order valence-electron chi connectivity index (χ0n) is 7.91. The lowest BCUT2D eigenvalue weighted by molar-refractivity contribution is 1.05. The average molecular weight is 186 g/mol. The number of aromatic nitrogens is 1. The molecule has 4 nitrogen and oxygen atoms in total. The molecule has 0 unspecified atom stereocenters. The van der Waals surface area contributed by atoms with Gasteiger partial charge < -0.3 is 5.32 Å². The number of rotatable bonds is 3. The molecule has 1 aromatic rings. The van der Waals surface area contributed by atoms with Crippen LogP contribution in [-0.2, 0) is 0 Å². The second kappa shape index (κ2) is 4.84. The Morgan fingerprint density at radius 2 is 2.29 bits per heavy atom. The first kappa shape index (κ1) is 10.0. The molecule has 0 saturated heterocycles. The summed E-state index contributed by atoms with van der Waals surface area (Å²) in [4.78, 5) is 4.04. The summed E-state index contributed by atoms with van der Waals surface area (Å²) in [5, 5.41) is 20.2. The van der Waals surface area contributed by atoms with E-state index in [1.54, 1.807) is 12.3 Å². The average Bonchev–Trinajstić information content (AvgIpc) is 2.18. The molecule has 1 N–H and O–H groups in total. The predicted octanol–water partition coefficient (Wildman–Crippen LogP) is 1.59. The fraction of sp³-hybridized carbons (Fsp3) is 0.300. The molecule has 4 heteroatoms. The number of hydrogen-bond acceptors (Lipinski definition) is 4. The number of aryl methyl sites for hydroxylation is 1. The normalized spacial score (nSPS) is 8.79. The number of hydrogen-bond donors (Lipinski definition) is 1. The van der Waals surface area contributed by atoms with Crippen LogP contribution in [0.2, 0.25) is 0 Å². The van der Waals surface area contributed by atoms with Crippen LogP contribution < -0.4 is 5.32 Å². The van der Waals surface area contributed by atoms with Gasteiger partial charge in [-0.05, 0) is 18.6 Å². The molecule has 0 radical (unpaired) electrons. The Morgan fingerprint density at radius 3 is 2.93 bits per heavy atom. The summed E-state index contributed by atoms with van der Waals surface area (Å²) in [5.41, 5.74) is 1.44. The van der Waals surface area contributed by atoms with Crippen molar-refractivity contribution in [2.75, 3.05) is 11.9 Å². The number of pyridine rings is 1. The fourth-order valence-electron chi connectivity index (χ4n) is 1.07. The van der Waals surface area contributed by atoms with E-state index in [-0.39, 0.29) is 0 Å². The second-order valence-electron chi connectivity index (χ2n) is 2.80. The molecule has 0 atom stereocenters. The van der Waals surface area contributed by atoms with Crippen LogP contribution in [0.1, 0.15) is 17.5 Å². The Balaban J connectivity index is 2.83. The van der Waals surface area contributed by atoms with Crippen LogP contribution in [0, 0.1) is 29.6 Å². The zero-order valence-corrected chi connectivity index (χ0v) is 7.91. The van der Waals surface area contributed by atoms with Crippen LogP contribution in [0.3, 0.4) is 0 Å². The molecular weight excluding hydrogens is 176 g/mol. The molecule has 0 bridgehead atoms. The van der Waals surface area contributed by atoms with E-state index >= 15 is 0 Å². The summed E-state index contributed by atoms with van der Waals surface area (Å²) in [6.45, 7) is 2.37. The van der Waals surface area contributed by atoms with Gasteiger partial charge in [-0.15, -0.1) is 0 Å². The topological polar surface area (TPSA) is 72.5 Å². The highest BCUT2D eigenvalue weighted by Crippen LogP contribution is 2.14. The first-order valence-electron chi connectivity index (χ1n) is 4.26. The van der Waals surface area contributed by atoms with Crippen LogP contribution in [-0.4, -0.2) is 11.5 Å². The summed E-state index contributed by atoms with van der Waals surface area (Å²) >= 11 is 0. The highest BCUT2D eigenvalue weighted by molar-refractivity contribution is 5.55. The van der Waals surface area contributed by atoms with Crippen LogP contribution in [0.25, 0.3) is 0 Å². The smallest absolute Gasteiger partial charge is 0.144 e. The quantitative estimate of drug-likeness (QED) is 0.727. The summed E-state index contributed by atoms with van der Waals surface area (Å²) in [6, 6.07) is 5.89.